The maximum absolute atomic E-state index is 5.20. The number of aryl methyl sites for hydroxylation is 2. The van der Waals surface area contributed by atoms with Crippen molar-refractivity contribution < 1.29 is 4.52 Å². The van der Waals surface area contributed by atoms with Gasteiger partial charge in [-0.3, -0.25) is 0 Å². The zero-order valence-electron chi connectivity index (χ0n) is 12.4. The third-order valence-corrected chi connectivity index (χ3v) is 4.49. The lowest BCUT2D eigenvalue weighted by atomic mass is 10.1. The lowest BCUT2D eigenvalue weighted by molar-refractivity contribution is 0.391. The molecule has 2 aromatic rings. The molecule has 3 rings (SSSR count). The highest BCUT2D eigenvalue weighted by Crippen LogP contribution is 2.49. The molecular formula is C17H22N2O. The molecule has 0 spiro atoms. The highest BCUT2D eigenvalue weighted by molar-refractivity contribution is 5.27. The van der Waals surface area contributed by atoms with Gasteiger partial charge in [-0.2, -0.15) is 0 Å². The van der Waals surface area contributed by atoms with Gasteiger partial charge in [-0.05, 0) is 44.6 Å². The van der Waals surface area contributed by atoms with Crippen molar-refractivity contribution in [3.05, 3.63) is 52.9 Å². The molecule has 3 nitrogen and oxygen atoms in total. The molecule has 0 radical (unpaired) electrons. The van der Waals surface area contributed by atoms with Crippen LogP contribution in [0.2, 0.25) is 0 Å². The standard InChI is InChI=1S/C17H22N2O/c1-11(18-10-17-12(2)19-20-13(17)3)15-9-16(15)14-7-5-4-6-8-14/h4-8,11,15-16,18H,9-10H2,1-3H3/t11-,15-,16+/m1/s1. The maximum Gasteiger partial charge on any atom is 0.138 e. The fraction of sp³-hybridized carbons (Fsp3) is 0.471. The summed E-state index contributed by atoms with van der Waals surface area (Å²) in [5, 5.41) is 7.63. The number of nitrogens with one attached hydrogen (secondary N) is 1. The Morgan fingerprint density at radius 3 is 2.70 bits per heavy atom. The van der Waals surface area contributed by atoms with E-state index in [0.29, 0.717) is 6.04 Å². The Kier molecular flexibility index (Phi) is 3.62. The van der Waals surface area contributed by atoms with E-state index < -0.39 is 0 Å². The summed E-state index contributed by atoms with van der Waals surface area (Å²) >= 11 is 0. The molecule has 1 aliphatic rings. The van der Waals surface area contributed by atoms with Crippen LogP contribution < -0.4 is 5.32 Å². The van der Waals surface area contributed by atoms with Crippen molar-refractivity contribution in [3.8, 4) is 0 Å². The van der Waals surface area contributed by atoms with Crippen LogP contribution in [-0.2, 0) is 6.54 Å². The fourth-order valence-electron chi connectivity index (χ4n) is 3.02. The van der Waals surface area contributed by atoms with Crippen molar-refractivity contribution in [3.63, 3.8) is 0 Å². The molecule has 1 fully saturated rings. The van der Waals surface area contributed by atoms with Gasteiger partial charge in [0.05, 0.1) is 5.69 Å². The van der Waals surface area contributed by atoms with Crippen LogP contribution in [0, 0.1) is 19.8 Å². The van der Waals surface area contributed by atoms with E-state index in [-0.39, 0.29) is 0 Å². The van der Waals surface area contributed by atoms with Gasteiger partial charge in [0, 0.05) is 18.2 Å². The zero-order chi connectivity index (χ0) is 14.1. The van der Waals surface area contributed by atoms with E-state index in [1.165, 1.54) is 17.5 Å². The van der Waals surface area contributed by atoms with Gasteiger partial charge in [-0.1, -0.05) is 35.5 Å². The molecule has 0 unspecified atom stereocenters. The van der Waals surface area contributed by atoms with Crippen LogP contribution in [0.25, 0.3) is 0 Å². The molecule has 106 valence electrons. The first kappa shape index (κ1) is 13.4. The Labute approximate surface area is 120 Å². The average Bonchev–Trinajstić information content (AvgIpc) is 3.20. The molecule has 0 amide bonds. The van der Waals surface area contributed by atoms with Gasteiger partial charge < -0.3 is 9.84 Å². The topological polar surface area (TPSA) is 38.1 Å². The number of benzene rings is 1. The molecule has 1 N–H and O–H groups in total. The van der Waals surface area contributed by atoms with Crippen LogP contribution in [0.3, 0.4) is 0 Å². The number of hydrogen-bond donors (Lipinski definition) is 1. The van der Waals surface area contributed by atoms with E-state index >= 15 is 0 Å². The van der Waals surface area contributed by atoms with Crippen LogP contribution in [0.15, 0.2) is 34.9 Å². The second kappa shape index (κ2) is 5.41. The van der Waals surface area contributed by atoms with Crippen LogP contribution >= 0.6 is 0 Å². The van der Waals surface area contributed by atoms with E-state index in [1.54, 1.807) is 0 Å². The van der Waals surface area contributed by atoms with Crippen molar-refractivity contribution >= 4 is 0 Å². The first-order valence-corrected chi connectivity index (χ1v) is 7.37. The molecule has 1 aliphatic carbocycles. The molecule has 20 heavy (non-hydrogen) atoms. The van der Waals surface area contributed by atoms with E-state index in [1.807, 2.05) is 13.8 Å². The monoisotopic (exact) mass is 270 g/mol. The fourth-order valence-corrected chi connectivity index (χ4v) is 3.02. The first-order chi connectivity index (χ1) is 9.66. The largest absolute Gasteiger partial charge is 0.361 e. The molecule has 3 heteroatoms. The number of aromatic nitrogens is 1. The van der Waals surface area contributed by atoms with Gasteiger partial charge in [0.25, 0.3) is 0 Å². The van der Waals surface area contributed by atoms with Crippen LogP contribution in [-0.4, -0.2) is 11.2 Å². The predicted octanol–water partition coefficient (Wildman–Crippen LogP) is 3.57. The minimum atomic E-state index is 0.522. The second-order valence-electron chi connectivity index (χ2n) is 5.89. The van der Waals surface area contributed by atoms with Gasteiger partial charge in [-0.15, -0.1) is 0 Å². The zero-order valence-corrected chi connectivity index (χ0v) is 12.4. The van der Waals surface area contributed by atoms with Crippen molar-refractivity contribution in [1.29, 1.82) is 0 Å². The van der Waals surface area contributed by atoms with E-state index in [4.69, 9.17) is 4.52 Å². The third kappa shape index (κ3) is 2.63. The Morgan fingerprint density at radius 2 is 2.05 bits per heavy atom. The van der Waals surface area contributed by atoms with Crippen molar-refractivity contribution in [2.45, 2.75) is 45.7 Å². The average molecular weight is 270 g/mol. The van der Waals surface area contributed by atoms with E-state index in [2.05, 4.69) is 47.7 Å². The lowest BCUT2D eigenvalue weighted by Crippen LogP contribution is -2.28. The highest BCUT2D eigenvalue weighted by atomic mass is 16.5. The Bertz CT molecular complexity index is 556. The molecule has 1 saturated carbocycles. The molecule has 1 aromatic carbocycles. The summed E-state index contributed by atoms with van der Waals surface area (Å²) < 4.78 is 5.20. The van der Waals surface area contributed by atoms with Crippen LogP contribution in [0.5, 0.6) is 0 Å². The predicted molar refractivity (Wildman–Crippen MR) is 79.6 cm³/mol. The van der Waals surface area contributed by atoms with Crippen LogP contribution in [0.1, 0.15) is 41.8 Å². The first-order valence-electron chi connectivity index (χ1n) is 7.37. The highest BCUT2D eigenvalue weighted by Gasteiger charge is 2.41. The molecule has 0 aliphatic heterocycles. The smallest absolute Gasteiger partial charge is 0.138 e. The van der Waals surface area contributed by atoms with E-state index in [9.17, 15) is 0 Å². The molecular weight excluding hydrogens is 248 g/mol. The van der Waals surface area contributed by atoms with Gasteiger partial charge in [-0.25, -0.2) is 0 Å². The van der Waals surface area contributed by atoms with Crippen LogP contribution in [0.4, 0.5) is 0 Å². The third-order valence-electron chi connectivity index (χ3n) is 4.49. The SMILES string of the molecule is Cc1noc(C)c1CN[C@H](C)[C@H]1C[C@H]1c1ccccc1. The minimum Gasteiger partial charge on any atom is -0.361 e. The summed E-state index contributed by atoms with van der Waals surface area (Å²) in [4.78, 5) is 0. The minimum absolute atomic E-state index is 0.522. The normalized spacial score (nSPS) is 22.8. The van der Waals surface area contributed by atoms with Gasteiger partial charge in [0.1, 0.15) is 5.76 Å². The summed E-state index contributed by atoms with van der Waals surface area (Å²) in [6.45, 7) is 7.11. The summed E-state index contributed by atoms with van der Waals surface area (Å²) in [6.07, 6.45) is 1.29. The quantitative estimate of drug-likeness (QED) is 0.902. The molecule has 0 bridgehead atoms. The van der Waals surface area contributed by atoms with E-state index in [0.717, 1.165) is 29.8 Å². The molecule has 3 atom stereocenters. The summed E-state index contributed by atoms with van der Waals surface area (Å²) in [5.74, 6) is 2.40. The number of hydrogen-bond acceptors (Lipinski definition) is 3. The van der Waals surface area contributed by atoms with Gasteiger partial charge in [0.2, 0.25) is 0 Å². The summed E-state index contributed by atoms with van der Waals surface area (Å²) in [7, 11) is 0. The molecule has 0 saturated heterocycles. The van der Waals surface area contributed by atoms with Crippen molar-refractivity contribution in [2.24, 2.45) is 5.92 Å². The van der Waals surface area contributed by atoms with Crippen molar-refractivity contribution in [2.75, 3.05) is 0 Å². The Hall–Kier alpha value is -1.61. The van der Waals surface area contributed by atoms with Crippen molar-refractivity contribution in [1.82, 2.24) is 10.5 Å². The molecule has 1 heterocycles. The molecule has 1 aromatic heterocycles. The second-order valence-corrected chi connectivity index (χ2v) is 5.89. The number of nitrogens with zero attached hydrogens (tertiary/aromatic N) is 1. The Morgan fingerprint density at radius 1 is 1.30 bits per heavy atom. The Balaban J connectivity index is 1.55. The number of rotatable bonds is 5. The van der Waals surface area contributed by atoms with Gasteiger partial charge in [0.15, 0.2) is 0 Å². The summed E-state index contributed by atoms with van der Waals surface area (Å²) in [6, 6.07) is 11.4. The maximum atomic E-state index is 5.20. The van der Waals surface area contributed by atoms with Gasteiger partial charge >= 0.3 is 0 Å². The lowest BCUT2D eigenvalue weighted by Gasteiger charge is -2.13. The summed E-state index contributed by atoms with van der Waals surface area (Å²) in [5.41, 5.74) is 3.68.